The Kier molecular flexibility index (Phi) is 5.14. The molecule has 1 saturated heterocycles. The van der Waals surface area contributed by atoms with Gasteiger partial charge in [-0.15, -0.1) is 0 Å². The minimum atomic E-state index is -0.354. The Morgan fingerprint density at radius 2 is 1.95 bits per heavy atom. The Morgan fingerprint density at radius 3 is 2.57 bits per heavy atom. The Bertz CT molecular complexity index is 511. The second-order valence-corrected chi connectivity index (χ2v) is 4.82. The van der Waals surface area contributed by atoms with Crippen LogP contribution in [0, 0.1) is 0 Å². The second-order valence-electron chi connectivity index (χ2n) is 4.82. The monoisotopic (exact) mass is 291 g/mol. The zero-order valence-electron chi connectivity index (χ0n) is 12.5. The van der Waals surface area contributed by atoms with Crippen molar-refractivity contribution in [1.82, 2.24) is 9.88 Å². The van der Waals surface area contributed by atoms with Crippen LogP contribution in [0.4, 0.5) is 5.82 Å². The molecular formula is C15H21N3O3. The zero-order valence-corrected chi connectivity index (χ0v) is 12.5. The molecule has 0 bridgehead atoms. The van der Waals surface area contributed by atoms with Gasteiger partial charge in [0.1, 0.15) is 11.4 Å². The molecule has 6 nitrogen and oxygen atoms in total. The minimum absolute atomic E-state index is 0.168. The molecule has 0 unspecified atom stereocenters. The summed E-state index contributed by atoms with van der Waals surface area (Å²) in [6.07, 6.45) is 2.19. The molecular weight excluding hydrogens is 270 g/mol. The number of esters is 1. The summed E-state index contributed by atoms with van der Waals surface area (Å²) in [6.45, 7) is 6.66. The van der Waals surface area contributed by atoms with Gasteiger partial charge in [0.15, 0.2) is 0 Å². The van der Waals surface area contributed by atoms with E-state index in [2.05, 4.69) is 4.98 Å². The van der Waals surface area contributed by atoms with Gasteiger partial charge in [-0.2, -0.15) is 0 Å². The number of ether oxygens (including phenoxy) is 1. The largest absolute Gasteiger partial charge is 0.462 e. The van der Waals surface area contributed by atoms with Crippen molar-refractivity contribution in [1.29, 1.82) is 0 Å². The third-order valence-corrected chi connectivity index (χ3v) is 3.52. The molecule has 0 N–H and O–H groups in total. The number of amides is 1. The molecule has 0 radical (unpaired) electrons. The van der Waals surface area contributed by atoms with Crippen LogP contribution in [0.5, 0.6) is 0 Å². The highest BCUT2D eigenvalue weighted by molar-refractivity contribution is 5.94. The van der Waals surface area contributed by atoms with E-state index in [0.717, 1.165) is 0 Å². The molecule has 21 heavy (non-hydrogen) atoms. The van der Waals surface area contributed by atoms with Gasteiger partial charge >= 0.3 is 5.97 Å². The van der Waals surface area contributed by atoms with Gasteiger partial charge in [0, 0.05) is 38.8 Å². The molecule has 1 fully saturated rings. The van der Waals surface area contributed by atoms with Crippen LogP contribution in [0.2, 0.25) is 0 Å². The van der Waals surface area contributed by atoms with Crippen LogP contribution in [0.3, 0.4) is 0 Å². The number of hydrogen-bond donors (Lipinski definition) is 0. The van der Waals surface area contributed by atoms with Crippen molar-refractivity contribution in [2.75, 3.05) is 37.7 Å². The molecule has 1 aliphatic heterocycles. The molecule has 2 heterocycles. The van der Waals surface area contributed by atoms with E-state index >= 15 is 0 Å². The van der Waals surface area contributed by atoms with Crippen LogP contribution in [-0.2, 0) is 9.53 Å². The highest BCUT2D eigenvalue weighted by Gasteiger charge is 2.24. The highest BCUT2D eigenvalue weighted by atomic mass is 16.5. The maximum Gasteiger partial charge on any atom is 0.341 e. The molecule has 6 heteroatoms. The molecule has 0 atom stereocenters. The van der Waals surface area contributed by atoms with Crippen LogP contribution in [0.25, 0.3) is 0 Å². The topological polar surface area (TPSA) is 62.7 Å². The number of pyridine rings is 1. The SMILES string of the molecule is CCOC(=O)c1cccnc1N1CCN(C(=O)CC)CC1. The average Bonchev–Trinajstić information content (AvgIpc) is 2.54. The number of nitrogens with zero attached hydrogens (tertiary/aromatic N) is 3. The van der Waals surface area contributed by atoms with Gasteiger partial charge < -0.3 is 14.5 Å². The number of anilines is 1. The Hall–Kier alpha value is -2.11. The fourth-order valence-corrected chi connectivity index (χ4v) is 2.41. The van der Waals surface area contributed by atoms with Crippen molar-refractivity contribution in [3.63, 3.8) is 0 Å². The Morgan fingerprint density at radius 1 is 1.24 bits per heavy atom. The van der Waals surface area contributed by atoms with Crippen LogP contribution in [0.15, 0.2) is 18.3 Å². The smallest absolute Gasteiger partial charge is 0.341 e. The summed E-state index contributed by atoms with van der Waals surface area (Å²) in [5.41, 5.74) is 0.481. The van der Waals surface area contributed by atoms with Gasteiger partial charge in [-0.1, -0.05) is 6.92 Å². The van der Waals surface area contributed by atoms with Gasteiger partial charge in [-0.3, -0.25) is 4.79 Å². The fourth-order valence-electron chi connectivity index (χ4n) is 2.41. The van der Waals surface area contributed by atoms with Gasteiger partial charge in [0.05, 0.1) is 6.61 Å². The van der Waals surface area contributed by atoms with E-state index in [1.807, 2.05) is 16.7 Å². The molecule has 0 aliphatic carbocycles. The maximum absolute atomic E-state index is 12.0. The lowest BCUT2D eigenvalue weighted by Crippen LogP contribution is -2.49. The summed E-state index contributed by atoms with van der Waals surface area (Å²) in [7, 11) is 0. The first-order chi connectivity index (χ1) is 10.2. The number of piperazine rings is 1. The fraction of sp³-hybridized carbons (Fsp3) is 0.533. The second kappa shape index (κ2) is 7.06. The molecule has 0 spiro atoms. The lowest BCUT2D eigenvalue weighted by Gasteiger charge is -2.35. The van der Waals surface area contributed by atoms with Crippen molar-refractivity contribution < 1.29 is 14.3 Å². The van der Waals surface area contributed by atoms with Crippen LogP contribution in [0.1, 0.15) is 30.6 Å². The summed E-state index contributed by atoms with van der Waals surface area (Å²) in [5.74, 6) is 0.452. The first-order valence-corrected chi connectivity index (χ1v) is 7.32. The minimum Gasteiger partial charge on any atom is -0.462 e. The molecule has 1 amide bonds. The van der Waals surface area contributed by atoms with Crippen LogP contribution >= 0.6 is 0 Å². The summed E-state index contributed by atoms with van der Waals surface area (Å²) in [6, 6.07) is 3.45. The van der Waals surface area contributed by atoms with Gasteiger partial charge in [0.25, 0.3) is 0 Å². The summed E-state index contributed by atoms with van der Waals surface area (Å²) in [5, 5.41) is 0. The van der Waals surface area contributed by atoms with E-state index in [1.54, 1.807) is 25.3 Å². The van der Waals surface area contributed by atoms with E-state index in [9.17, 15) is 9.59 Å². The molecule has 1 aliphatic rings. The van der Waals surface area contributed by atoms with E-state index < -0.39 is 0 Å². The molecule has 2 rings (SSSR count). The molecule has 1 aromatic heterocycles. The Balaban J connectivity index is 2.10. The first kappa shape index (κ1) is 15.3. The summed E-state index contributed by atoms with van der Waals surface area (Å²) in [4.78, 5) is 31.9. The number of carbonyl (C=O) groups excluding carboxylic acids is 2. The van der Waals surface area contributed by atoms with E-state index in [1.165, 1.54) is 0 Å². The predicted molar refractivity (Wildman–Crippen MR) is 79.3 cm³/mol. The summed E-state index contributed by atoms with van der Waals surface area (Å²) < 4.78 is 5.07. The Labute approximate surface area is 124 Å². The number of aromatic nitrogens is 1. The van der Waals surface area contributed by atoms with Crippen molar-refractivity contribution >= 4 is 17.7 Å². The quantitative estimate of drug-likeness (QED) is 0.783. The van der Waals surface area contributed by atoms with Crippen molar-refractivity contribution in [2.45, 2.75) is 20.3 Å². The van der Waals surface area contributed by atoms with Gasteiger partial charge in [-0.25, -0.2) is 9.78 Å². The van der Waals surface area contributed by atoms with Crippen molar-refractivity contribution in [3.05, 3.63) is 23.9 Å². The normalized spacial score (nSPS) is 15.0. The lowest BCUT2D eigenvalue weighted by atomic mass is 10.2. The third-order valence-electron chi connectivity index (χ3n) is 3.52. The molecule has 114 valence electrons. The zero-order chi connectivity index (χ0) is 15.2. The first-order valence-electron chi connectivity index (χ1n) is 7.32. The maximum atomic E-state index is 12.0. The standard InChI is InChI=1S/C15H21N3O3/c1-3-13(19)17-8-10-18(11-9-17)14-12(6-5-7-16-14)15(20)21-4-2/h5-7H,3-4,8-11H2,1-2H3. The van der Waals surface area contributed by atoms with E-state index in [4.69, 9.17) is 4.74 Å². The molecule has 1 aromatic rings. The number of rotatable bonds is 4. The van der Waals surface area contributed by atoms with E-state index in [-0.39, 0.29) is 11.9 Å². The van der Waals surface area contributed by atoms with Crippen LogP contribution in [-0.4, -0.2) is 54.5 Å². The number of carbonyl (C=O) groups is 2. The average molecular weight is 291 g/mol. The van der Waals surface area contributed by atoms with Crippen molar-refractivity contribution in [2.24, 2.45) is 0 Å². The summed E-state index contributed by atoms with van der Waals surface area (Å²) >= 11 is 0. The van der Waals surface area contributed by atoms with Crippen molar-refractivity contribution in [3.8, 4) is 0 Å². The lowest BCUT2D eigenvalue weighted by molar-refractivity contribution is -0.131. The molecule has 0 aromatic carbocycles. The van der Waals surface area contributed by atoms with Crippen LogP contribution < -0.4 is 4.90 Å². The third kappa shape index (κ3) is 3.51. The number of hydrogen-bond acceptors (Lipinski definition) is 5. The highest BCUT2D eigenvalue weighted by Crippen LogP contribution is 2.20. The predicted octanol–water partition coefficient (Wildman–Crippen LogP) is 1.32. The molecule has 0 saturated carbocycles. The van der Waals surface area contributed by atoms with E-state index in [0.29, 0.717) is 50.6 Å². The van der Waals surface area contributed by atoms with Gasteiger partial charge in [0.2, 0.25) is 5.91 Å². The van der Waals surface area contributed by atoms with Gasteiger partial charge in [-0.05, 0) is 19.1 Å².